The third kappa shape index (κ3) is 3.29. The molecular weight excluding hydrogens is 268 g/mol. The number of anilines is 1. The average Bonchev–Trinajstić information content (AvgIpc) is 2.95. The predicted molar refractivity (Wildman–Crippen MR) is 79.3 cm³/mol. The minimum absolute atomic E-state index is 0.208. The number of benzene rings is 1. The maximum atomic E-state index is 11.6. The molecule has 0 fully saturated rings. The lowest BCUT2D eigenvalue weighted by atomic mass is 10.3. The van der Waals surface area contributed by atoms with E-state index in [1.807, 2.05) is 36.4 Å². The van der Waals surface area contributed by atoms with Crippen LogP contribution in [0.25, 0.3) is 0 Å². The molecule has 1 aliphatic rings. The van der Waals surface area contributed by atoms with E-state index in [1.165, 1.54) is 6.20 Å². The molecule has 1 aromatic carbocycles. The fourth-order valence-corrected chi connectivity index (χ4v) is 2.03. The lowest BCUT2D eigenvalue weighted by Gasteiger charge is -2.20. The van der Waals surface area contributed by atoms with Crippen molar-refractivity contribution < 1.29 is 9.57 Å². The van der Waals surface area contributed by atoms with E-state index < -0.39 is 0 Å². The van der Waals surface area contributed by atoms with Crippen molar-refractivity contribution >= 4 is 11.6 Å². The first-order chi connectivity index (χ1) is 10.3. The number of nitrogens with one attached hydrogen (secondary N) is 1. The van der Waals surface area contributed by atoms with Crippen LogP contribution in [-0.2, 0) is 11.4 Å². The minimum Gasteiger partial charge on any atom is -0.618 e. The van der Waals surface area contributed by atoms with Crippen LogP contribution in [-0.4, -0.2) is 24.1 Å². The van der Waals surface area contributed by atoms with Crippen molar-refractivity contribution in [1.29, 1.82) is 0 Å². The molecule has 6 nitrogen and oxygen atoms in total. The zero-order chi connectivity index (χ0) is 14.5. The largest absolute Gasteiger partial charge is 0.618 e. The summed E-state index contributed by atoms with van der Waals surface area (Å²) in [7, 11) is 0. The minimum atomic E-state index is 0.208. The Hall–Kier alpha value is -2.60. The SMILES string of the molecule is [O-][n+]1ccccc1CON1CCN=C1Nc1ccccc1. The molecule has 6 heteroatoms. The molecule has 0 saturated carbocycles. The van der Waals surface area contributed by atoms with Gasteiger partial charge in [0.15, 0.2) is 12.8 Å². The maximum Gasteiger partial charge on any atom is 0.223 e. The number of hydroxylamine groups is 2. The quantitative estimate of drug-likeness (QED) is 0.683. The average molecular weight is 284 g/mol. The molecule has 0 amide bonds. The van der Waals surface area contributed by atoms with Gasteiger partial charge in [-0.2, -0.15) is 4.73 Å². The van der Waals surface area contributed by atoms with Crippen molar-refractivity contribution in [3.63, 3.8) is 0 Å². The molecule has 1 aromatic heterocycles. The van der Waals surface area contributed by atoms with Crippen molar-refractivity contribution in [2.45, 2.75) is 6.61 Å². The van der Waals surface area contributed by atoms with E-state index >= 15 is 0 Å². The van der Waals surface area contributed by atoms with Gasteiger partial charge < -0.3 is 10.5 Å². The first-order valence-electron chi connectivity index (χ1n) is 6.77. The van der Waals surface area contributed by atoms with Gasteiger partial charge in [-0.1, -0.05) is 18.2 Å². The maximum absolute atomic E-state index is 11.6. The van der Waals surface area contributed by atoms with Gasteiger partial charge in [-0.15, -0.1) is 0 Å². The number of guanidine groups is 1. The molecule has 0 unspecified atom stereocenters. The number of aromatic nitrogens is 1. The van der Waals surface area contributed by atoms with Gasteiger partial charge in [-0.25, -0.2) is 10.1 Å². The normalized spacial score (nSPS) is 14.1. The third-order valence-corrected chi connectivity index (χ3v) is 3.10. The van der Waals surface area contributed by atoms with Gasteiger partial charge in [0.2, 0.25) is 11.7 Å². The highest BCUT2D eigenvalue weighted by atomic mass is 16.7. The predicted octanol–water partition coefficient (Wildman–Crippen LogP) is 1.54. The van der Waals surface area contributed by atoms with Crippen LogP contribution in [0.4, 0.5) is 5.69 Å². The number of rotatable bonds is 4. The van der Waals surface area contributed by atoms with Crippen LogP contribution in [0, 0.1) is 5.21 Å². The van der Waals surface area contributed by atoms with Crippen molar-refractivity contribution in [2.24, 2.45) is 4.99 Å². The van der Waals surface area contributed by atoms with E-state index in [4.69, 9.17) is 4.84 Å². The first-order valence-corrected chi connectivity index (χ1v) is 6.77. The highest BCUT2D eigenvalue weighted by molar-refractivity contribution is 5.93. The Morgan fingerprint density at radius 1 is 1.19 bits per heavy atom. The summed E-state index contributed by atoms with van der Waals surface area (Å²) in [5, 5.41) is 16.5. The van der Waals surface area contributed by atoms with E-state index in [-0.39, 0.29) is 6.61 Å². The second-order valence-corrected chi connectivity index (χ2v) is 4.59. The van der Waals surface area contributed by atoms with Crippen LogP contribution >= 0.6 is 0 Å². The summed E-state index contributed by atoms with van der Waals surface area (Å²) < 4.78 is 0.803. The van der Waals surface area contributed by atoms with E-state index in [1.54, 1.807) is 17.2 Å². The zero-order valence-corrected chi connectivity index (χ0v) is 11.5. The van der Waals surface area contributed by atoms with Gasteiger partial charge in [-0.05, 0) is 18.2 Å². The number of para-hydroxylation sites is 1. The van der Waals surface area contributed by atoms with E-state index in [0.717, 1.165) is 10.4 Å². The van der Waals surface area contributed by atoms with Crippen LogP contribution in [0.15, 0.2) is 59.7 Å². The standard InChI is InChI=1S/C15H16N4O2/c20-18-10-5-4-8-14(18)12-21-19-11-9-16-15(19)17-13-6-2-1-3-7-13/h1-8,10H,9,11-12H2,(H,16,17). The fraction of sp³-hybridized carbons (Fsp3) is 0.200. The second kappa shape index (κ2) is 6.23. The molecule has 1 aliphatic heterocycles. The molecule has 21 heavy (non-hydrogen) atoms. The molecule has 0 bridgehead atoms. The van der Waals surface area contributed by atoms with Crippen molar-refractivity contribution in [3.05, 3.63) is 65.6 Å². The molecule has 1 N–H and O–H groups in total. The molecule has 2 aromatic rings. The topological polar surface area (TPSA) is 63.8 Å². The molecule has 0 spiro atoms. The summed E-state index contributed by atoms with van der Waals surface area (Å²) in [5.74, 6) is 0.662. The lowest BCUT2D eigenvalue weighted by molar-refractivity contribution is -0.617. The van der Waals surface area contributed by atoms with Crippen molar-refractivity contribution in [1.82, 2.24) is 5.06 Å². The summed E-state index contributed by atoms with van der Waals surface area (Å²) in [5.41, 5.74) is 1.51. The Labute approximate surface area is 122 Å². The summed E-state index contributed by atoms with van der Waals surface area (Å²) >= 11 is 0. The van der Waals surface area contributed by atoms with Crippen LogP contribution in [0.3, 0.4) is 0 Å². The third-order valence-electron chi connectivity index (χ3n) is 3.10. The second-order valence-electron chi connectivity index (χ2n) is 4.59. The number of hydrogen-bond donors (Lipinski definition) is 1. The number of hydrogen-bond acceptors (Lipinski definition) is 5. The summed E-state index contributed by atoms with van der Waals surface area (Å²) in [6.07, 6.45) is 1.46. The Kier molecular flexibility index (Phi) is 3.97. The molecule has 0 saturated heterocycles. The highest BCUT2D eigenvalue weighted by Crippen LogP contribution is 2.11. The first kappa shape index (κ1) is 13.4. The van der Waals surface area contributed by atoms with Crippen LogP contribution < -0.4 is 10.0 Å². The van der Waals surface area contributed by atoms with E-state index in [9.17, 15) is 5.21 Å². The van der Waals surface area contributed by atoms with Crippen molar-refractivity contribution in [3.8, 4) is 0 Å². The highest BCUT2D eigenvalue weighted by Gasteiger charge is 2.19. The Bertz CT molecular complexity index is 631. The van der Waals surface area contributed by atoms with Crippen LogP contribution in [0.2, 0.25) is 0 Å². The van der Waals surface area contributed by atoms with Gasteiger partial charge in [-0.3, -0.25) is 4.84 Å². The molecule has 3 rings (SSSR count). The summed E-state index contributed by atoms with van der Waals surface area (Å²) in [4.78, 5) is 10.0. The van der Waals surface area contributed by atoms with Gasteiger partial charge >= 0.3 is 0 Å². The fourth-order valence-electron chi connectivity index (χ4n) is 2.03. The molecule has 2 heterocycles. The number of pyridine rings is 1. The zero-order valence-electron chi connectivity index (χ0n) is 11.5. The molecule has 0 aliphatic carbocycles. The lowest BCUT2D eigenvalue weighted by Crippen LogP contribution is -2.36. The molecule has 0 atom stereocenters. The van der Waals surface area contributed by atoms with Crippen LogP contribution in [0.1, 0.15) is 5.69 Å². The van der Waals surface area contributed by atoms with Gasteiger partial charge in [0.1, 0.15) is 0 Å². The van der Waals surface area contributed by atoms with Gasteiger partial charge in [0.05, 0.1) is 13.1 Å². The smallest absolute Gasteiger partial charge is 0.223 e. The summed E-state index contributed by atoms with van der Waals surface area (Å²) in [6.45, 7) is 1.54. The number of aliphatic imine (C=N–C) groups is 1. The molecule has 0 radical (unpaired) electrons. The summed E-state index contributed by atoms with van der Waals surface area (Å²) in [6, 6.07) is 15.0. The molecule has 108 valence electrons. The monoisotopic (exact) mass is 284 g/mol. The Balaban J connectivity index is 1.61. The van der Waals surface area contributed by atoms with E-state index in [2.05, 4.69) is 10.3 Å². The Morgan fingerprint density at radius 2 is 2.00 bits per heavy atom. The number of nitrogens with zero attached hydrogens (tertiary/aromatic N) is 3. The van der Waals surface area contributed by atoms with Gasteiger partial charge in [0.25, 0.3) is 0 Å². The Morgan fingerprint density at radius 3 is 2.81 bits per heavy atom. The van der Waals surface area contributed by atoms with Crippen molar-refractivity contribution in [2.75, 3.05) is 18.4 Å². The van der Waals surface area contributed by atoms with Gasteiger partial charge in [0, 0.05) is 17.8 Å². The molecular formula is C15H16N4O2. The van der Waals surface area contributed by atoms with Crippen LogP contribution in [0.5, 0.6) is 0 Å². The van der Waals surface area contributed by atoms with E-state index in [0.29, 0.717) is 24.7 Å².